The van der Waals surface area contributed by atoms with Gasteiger partial charge in [-0.2, -0.15) is 0 Å². The van der Waals surface area contributed by atoms with Gasteiger partial charge in [0.25, 0.3) is 0 Å². The summed E-state index contributed by atoms with van der Waals surface area (Å²) in [6, 6.07) is 0. The highest BCUT2D eigenvalue weighted by Gasteiger charge is 2.59. The summed E-state index contributed by atoms with van der Waals surface area (Å²) in [5, 5.41) is 0. The van der Waals surface area contributed by atoms with Crippen LogP contribution in [0.25, 0.3) is 0 Å². The largest absolute Gasteiger partial charge is 0.377 e. The number of carbonyl (C=O) groups is 1. The van der Waals surface area contributed by atoms with Crippen molar-refractivity contribution in [1.29, 1.82) is 0 Å². The Hall–Kier alpha value is -0.670. The molecule has 3 heteroatoms. The first-order valence-corrected chi connectivity index (χ1v) is 12.0. The Balaban J connectivity index is 1.41. The SMILES string of the molecule is CCN(CC)CCO[C@H]1CC[C@@]2(C)[C@@H](C=C[C@@H]3[C@@H]2CC[C@]2(C)C(=O)CC[C@@H]32)C1. The summed E-state index contributed by atoms with van der Waals surface area (Å²) in [7, 11) is 0. The fourth-order valence-electron chi connectivity index (χ4n) is 7.39. The van der Waals surface area contributed by atoms with Crippen LogP contribution in [0, 0.1) is 34.5 Å². The number of Topliss-reactive ketones (excluding diaryl/α,β-unsaturated/α-hetero) is 1. The molecule has 0 unspecified atom stereocenters. The van der Waals surface area contributed by atoms with Crippen molar-refractivity contribution in [2.45, 2.75) is 78.7 Å². The molecule has 4 rings (SSSR count). The van der Waals surface area contributed by atoms with Gasteiger partial charge >= 0.3 is 0 Å². The molecule has 0 aromatic rings. The van der Waals surface area contributed by atoms with Crippen LogP contribution in [-0.2, 0) is 9.53 Å². The Morgan fingerprint density at radius 2 is 1.86 bits per heavy atom. The Morgan fingerprint density at radius 3 is 2.61 bits per heavy atom. The second-order valence-corrected chi connectivity index (χ2v) is 10.5. The van der Waals surface area contributed by atoms with E-state index in [1.165, 1.54) is 25.7 Å². The maximum absolute atomic E-state index is 12.6. The van der Waals surface area contributed by atoms with E-state index in [0.29, 0.717) is 35.1 Å². The van der Waals surface area contributed by atoms with Crippen molar-refractivity contribution in [2.75, 3.05) is 26.2 Å². The summed E-state index contributed by atoms with van der Waals surface area (Å²) in [4.78, 5) is 15.0. The van der Waals surface area contributed by atoms with Gasteiger partial charge in [-0.15, -0.1) is 0 Å². The highest BCUT2D eigenvalue weighted by atomic mass is 16.5. The molecule has 0 heterocycles. The zero-order valence-corrected chi connectivity index (χ0v) is 18.6. The van der Waals surface area contributed by atoms with Crippen molar-refractivity contribution in [2.24, 2.45) is 34.5 Å². The minimum absolute atomic E-state index is 0.0283. The maximum Gasteiger partial charge on any atom is 0.139 e. The molecule has 0 amide bonds. The highest BCUT2D eigenvalue weighted by molar-refractivity contribution is 5.87. The Bertz CT molecular complexity index is 612. The van der Waals surface area contributed by atoms with Crippen LogP contribution < -0.4 is 0 Å². The standard InChI is InChI=1S/C25H41NO2/c1-5-26(6-2)15-16-28-19-11-13-24(3)18(17-19)7-8-20-21-9-10-23(27)25(21,4)14-12-22(20)24/h7-8,18-22H,5-6,9-17H2,1-4H3/t18-,19-,20-,21-,22-,24-,25-/m0/s1. The van der Waals surface area contributed by atoms with Gasteiger partial charge in [0.2, 0.25) is 0 Å². The maximum atomic E-state index is 12.6. The smallest absolute Gasteiger partial charge is 0.139 e. The molecule has 3 nitrogen and oxygen atoms in total. The van der Waals surface area contributed by atoms with Gasteiger partial charge in [-0.05, 0) is 80.7 Å². The quantitative estimate of drug-likeness (QED) is 0.594. The Morgan fingerprint density at radius 1 is 1.07 bits per heavy atom. The van der Waals surface area contributed by atoms with E-state index in [-0.39, 0.29) is 5.41 Å². The van der Waals surface area contributed by atoms with E-state index >= 15 is 0 Å². The third-order valence-electron chi connectivity index (χ3n) is 9.48. The van der Waals surface area contributed by atoms with Gasteiger partial charge in [-0.3, -0.25) is 4.79 Å². The van der Waals surface area contributed by atoms with E-state index in [0.717, 1.165) is 51.4 Å². The van der Waals surface area contributed by atoms with Gasteiger partial charge in [0.05, 0.1) is 12.7 Å². The van der Waals surface area contributed by atoms with Crippen LogP contribution in [-0.4, -0.2) is 43.0 Å². The van der Waals surface area contributed by atoms with E-state index in [1.54, 1.807) is 0 Å². The molecule has 0 aliphatic heterocycles. The first-order chi connectivity index (χ1) is 13.4. The van der Waals surface area contributed by atoms with Crippen LogP contribution in [0.2, 0.25) is 0 Å². The molecule has 0 spiro atoms. The Kier molecular flexibility index (Phi) is 5.79. The number of hydrogen-bond acceptors (Lipinski definition) is 3. The number of rotatable bonds is 6. The van der Waals surface area contributed by atoms with E-state index < -0.39 is 0 Å². The molecule has 158 valence electrons. The van der Waals surface area contributed by atoms with E-state index in [4.69, 9.17) is 4.74 Å². The molecule has 4 aliphatic rings. The summed E-state index contributed by atoms with van der Waals surface area (Å²) in [6.45, 7) is 13.4. The van der Waals surface area contributed by atoms with E-state index in [9.17, 15) is 4.79 Å². The number of ketones is 1. The number of fused-ring (bicyclic) bond motifs is 5. The summed E-state index contributed by atoms with van der Waals surface area (Å²) < 4.78 is 6.33. The average molecular weight is 388 g/mol. The van der Waals surface area contributed by atoms with Gasteiger partial charge in [-0.25, -0.2) is 0 Å². The van der Waals surface area contributed by atoms with Gasteiger partial charge in [-0.1, -0.05) is 39.8 Å². The first-order valence-electron chi connectivity index (χ1n) is 12.0. The minimum atomic E-state index is -0.0283. The predicted molar refractivity (Wildman–Crippen MR) is 114 cm³/mol. The van der Waals surface area contributed by atoms with Crippen molar-refractivity contribution in [3.63, 3.8) is 0 Å². The monoisotopic (exact) mass is 387 g/mol. The lowest BCUT2D eigenvalue weighted by atomic mass is 9.47. The molecular weight excluding hydrogens is 346 g/mol. The third kappa shape index (κ3) is 3.31. The topological polar surface area (TPSA) is 29.5 Å². The number of carbonyl (C=O) groups excluding carboxylic acids is 1. The molecule has 0 radical (unpaired) electrons. The molecule has 7 atom stereocenters. The fourth-order valence-corrected chi connectivity index (χ4v) is 7.39. The lowest BCUT2D eigenvalue weighted by Crippen LogP contribution is -2.52. The lowest BCUT2D eigenvalue weighted by molar-refractivity contribution is -0.133. The zero-order valence-electron chi connectivity index (χ0n) is 18.6. The van der Waals surface area contributed by atoms with Crippen LogP contribution in [0.4, 0.5) is 0 Å². The predicted octanol–water partition coefficient (Wildman–Crippen LogP) is 5.10. The minimum Gasteiger partial charge on any atom is -0.377 e. The molecular formula is C25H41NO2. The number of ether oxygens (including phenoxy) is 1. The zero-order chi connectivity index (χ0) is 19.9. The Labute approximate surface area is 172 Å². The van der Waals surface area contributed by atoms with Crippen molar-refractivity contribution in [3.05, 3.63) is 12.2 Å². The van der Waals surface area contributed by atoms with Crippen molar-refractivity contribution >= 4 is 5.78 Å². The summed E-state index contributed by atoms with van der Waals surface area (Å²) >= 11 is 0. The van der Waals surface area contributed by atoms with E-state index in [2.05, 4.69) is 44.7 Å². The third-order valence-corrected chi connectivity index (χ3v) is 9.48. The molecule has 0 aromatic heterocycles. The second kappa shape index (κ2) is 7.87. The molecule has 0 bridgehead atoms. The van der Waals surface area contributed by atoms with Gasteiger partial charge < -0.3 is 9.64 Å². The summed E-state index contributed by atoms with van der Waals surface area (Å²) in [6.07, 6.45) is 13.5. The van der Waals surface area contributed by atoms with Gasteiger partial charge in [0, 0.05) is 18.4 Å². The molecule has 28 heavy (non-hydrogen) atoms. The summed E-state index contributed by atoms with van der Waals surface area (Å²) in [5.41, 5.74) is 0.380. The number of allylic oxidation sites excluding steroid dienone is 2. The fraction of sp³-hybridized carbons (Fsp3) is 0.880. The van der Waals surface area contributed by atoms with Crippen LogP contribution >= 0.6 is 0 Å². The number of nitrogens with zero attached hydrogens (tertiary/aromatic N) is 1. The van der Waals surface area contributed by atoms with E-state index in [1.807, 2.05) is 0 Å². The van der Waals surface area contributed by atoms with Crippen LogP contribution in [0.3, 0.4) is 0 Å². The molecule has 3 fully saturated rings. The lowest BCUT2D eigenvalue weighted by Gasteiger charge is -2.57. The molecule has 0 N–H and O–H groups in total. The average Bonchev–Trinajstić information content (AvgIpc) is 3.00. The molecule has 3 saturated carbocycles. The number of hydrogen-bond donors (Lipinski definition) is 0. The van der Waals surface area contributed by atoms with Crippen molar-refractivity contribution in [3.8, 4) is 0 Å². The molecule has 4 aliphatic carbocycles. The highest BCUT2D eigenvalue weighted by Crippen LogP contribution is 2.63. The van der Waals surface area contributed by atoms with Gasteiger partial charge in [0.1, 0.15) is 5.78 Å². The first kappa shape index (κ1) is 20.6. The molecule has 0 saturated heterocycles. The van der Waals surface area contributed by atoms with Gasteiger partial charge in [0.15, 0.2) is 0 Å². The van der Waals surface area contributed by atoms with Crippen LogP contribution in [0.1, 0.15) is 72.6 Å². The van der Waals surface area contributed by atoms with Crippen molar-refractivity contribution in [1.82, 2.24) is 4.90 Å². The van der Waals surface area contributed by atoms with Crippen molar-refractivity contribution < 1.29 is 9.53 Å². The normalized spacial score (nSPS) is 45.0. The van der Waals surface area contributed by atoms with Crippen LogP contribution in [0.15, 0.2) is 12.2 Å². The number of likely N-dealkylation sites (N-methyl/N-ethyl adjacent to an activating group) is 1. The summed E-state index contributed by atoms with van der Waals surface area (Å²) in [5.74, 6) is 3.19. The van der Waals surface area contributed by atoms with Crippen LogP contribution in [0.5, 0.6) is 0 Å². The second-order valence-electron chi connectivity index (χ2n) is 10.5. The molecule has 0 aromatic carbocycles.